The summed E-state index contributed by atoms with van der Waals surface area (Å²) in [4.78, 5) is 14.5. The second-order valence-corrected chi connectivity index (χ2v) is 6.43. The average Bonchev–Trinajstić information content (AvgIpc) is 2.71. The standard InChI is InChI=1S/C14H21BrN2O/c1-10(2)17-9-12(15)8-13(17)14(18)16-6-4-11(3)5-7-16/h8-11H,4-7H2,1-3H3. The number of hydrogen-bond donors (Lipinski definition) is 0. The molecule has 0 spiro atoms. The Morgan fingerprint density at radius 3 is 2.56 bits per heavy atom. The number of likely N-dealkylation sites (tertiary alicyclic amines) is 1. The van der Waals surface area contributed by atoms with Crippen molar-refractivity contribution in [1.29, 1.82) is 0 Å². The molecule has 2 rings (SSSR count). The van der Waals surface area contributed by atoms with E-state index in [1.807, 2.05) is 21.7 Å². The lowest BCUT2D eigenvalue weighted by Gasteiger charge is -2.30. The van der Waals surface area contributed by atoms with Gasteiger partial charge in [0.05, 0.1) is 0 Å². The molecule has 1 aromatic heterocycles. The van der Waals surface area contributed by atoms with Gasteiger partial charge in [0.25, 0.3) is 5.91 Å². The van der Waals surface area contributed by atoms with E-state index in [4.69, 9.17) is 0 Å². The summed E-state index contributed by atoms with van der Waals surface area (Å²) in [7, 11) is 0. The quantitative estimate of drug-likeness (QED) is 0.817. The minimum Gasteiger partial charge on any atom is -0.340 e. The SMILES string of the molecule is CC1CCN(C(=O)c2cc(Br)cn2C(C)C)CC1. The molecule has 1 fully saturated rings. The van der Waals surface area contributed by atoms with E-state index in [1.165, 1.54) is 0 Å². The molecule has 3 nitrogen and oxygen atoms in total. The molecule has 18 heavy (non-hydrogen) atoms. The molecule has 0 saturated carbocycles. The first-order valence-corrected chi connectivity index (χ1v) is 7.45. The topological polar surface area (TPSA) is 25.2 Å². The van der Waals surface area contributed by atoms with Crippen LogP contribution in [0.1, 0.15) is 50.1 Å². The van der Waals surface area contributed by atoms with Gasteiger partial charge in [-0.25, -0.2) is 0 Å². The maximum atomic E-state index is 12.5. The number of piperidine rings is 1. The highest BCUT2D eigenvalue weighted by molar-refractivity contribution is 9.10. The third-order valence-electron chi connectivity index (χ3n) is 3.66. The molecule has 0 N–H and O–H groups in total. The maximum Gasteiger partial charge on any atom is 0.270 e. The van der Waals surface area contributed by atoms with Crippen molar-refractivity contribution in [2.24, 2.45) is 5.92 Å². The van der Waals surface area contributed by atoms with Crippen LogP contribution in [0, 0.1) is 5.92 Å². The van der Waals surface area contributed by atoms with E-state index in [0.29, 0.717) is 6.04 Å². The molecule has 1 saturated heterocycles. The van der Waals surface area contributed by atoms with Crippen molar-refractivity contribution in [3.8, 4) is 0 Å². The molecule has 1 amide bonds. The van der Waals surface area contributed by atoms with Crippen molar-refractivity contribution in [2.75, 3.05) is 13.1 Å². The smallest absolute Gasteiger partial charge is 0.270 e. The van der Waals surface area contributed by atoms with Crippen LogP contribution in [0.4, 0.5) is 0 Å². The number of aromatic nitrogens is 1. The van der Waals surface area contributed by atoms with Crippen LogP contribution in [0.25, 0.3) is 0 Å². The molecular weight excluding hydrogens is 292 g/mol. The first-order chi connectivity index (χ1) is 8.49. The first-order valence-electron chi connectivity index (χ1n) is 6.65. The molecule has 0 aliphatic carbocycles. The number of carbonyl (C=O) groups excluding carboxylic acids is 1. The van der Waals surface area contributed by atoms with Gasteiger partial charge in [0.15, 0.2) is 0 Å². The van der Waals surface area contributed by atoms with Crippen molar-refractivity contribution >= 4 is 21.8 Å². The third kappa shape index (κ3) is 2.79. The molecule has 4 heteroatoms. The third-order valence-corrected chi connectivity index (χ3v) is 4.10. The fourth-order valence-electron chi connectivity index (χ4n) is 2.42. The molecule has 100 valence electrons. The lowest BCUT2D eigenvalue weighted by molar-refractivity contribution is 0.0684. The number of nitrogens with zero attached hydrogens (tertiary/aromatic N) is 2. The summed E-state index contributed by atoms with van der Waals surface area (Å²) >= 11 is 3.46. The zero-order valence-electron chi connectivity index (χ0n) is 11.3. The molecule has 2 heterocycles. The van der Waals surface area contributed by atoms with Crippen LogP contribution in [-0.4, -0.2) is 28.5 Å². The summed E-state index contributed by atoms with van der Waals surface area (Å²) in [5.74, 6) is 0.916. The molecule has 0 bridgehead atoms. The molecule has 0 unspecified atom stereocenters. The van der Waals surface area contributed by atoms with E-state index < -0.39 is 0 Å². The van der Waals surface area contributed by atoms with Crippen LogP contribution in [0.2, 0.25) is 0 Å². The van der Waals surface area contributed by atoms with Gasteiger partial charge >= 0.3 is 0 Å². The number of carbonyl (C=O) groups is 1. The predicted octanol–water partition coefficient (Wildman–Crippen LogP) is 3.70. The highest BCUT2D eigenvalue weighted by Gasteiger charge is 2.24. The maximum absolute atomic E-state index is 12.5. The van der Waals surface area contributed by atoms with Crippen LogP contribution in [0.3, 0.4) is 0 Å². The van der Waals surface area contributed by atoms with Crippen molar-refractivity contribution in [3.63, 3.8) is 0 Å². The summed E-state index contributed by atoms with van der Waals surface area (Å²) < 4.78 is 3.02. The molecule has 1 aromatic rings. The van der Waals surface area contributed by atoms with Gasteiger partial charge < -0.3 is 9.47 Å². The molecule has 0 atom stereocenters. The van der Waals surface area contributed by atoms with Gasteiger partial charge in [-0.05, 0) is 54.6 Å². The van der Waals surface area contributed by atoms with Crippen LogP contribution in [0.15, 0.2) is 16.7 Å². The number of halogens is 1. The van der Waals surface area contributed by atoms with Crippen molar-refractivity contribution in [1.82, 2.24) is 9.47 Å². The van der Waals surface area contributed by atoms with E-state index in [1.54, 1.807) is 0 Å². The van der Waals surface area contributed by atoms with Crippen LogP contribution < -0.4 is 0 Å². The second kappa shape index (κ2) is 5.47. The van der Waals surface area contributed by atoms with Gasteiger partial charge in [-0.1, -0.05) is 6.92 Å². The van der Waals surface area contributed by atoms with E-state index in [0.717, 1.165) is 42.0 Å². The van der Waals surface area contributed by atoms with Gasteiger partial charge in [-0.15, -0.1) is 0 Å². The van der Waals surface area contributed by atoms with Gasteiger partial charge in [0, 0.05) is 29.8 Å². The summed E-state index contributed by atoms with van der Waals surface area (Å²) in [5, 5.41) is 0. The summed E-state index contributed by atoms with van der Waals surface area (Å²) in [6, 6.07) is 2.24. The fraction of sp³-hybridized carbons (Fsp3) is 0.643. The fourth-order valence-corrected chi connectivity index (χ4v) is 2.86. The van der Waals surface area contributed by atoms with Crippen molar-refractivity contribution in [2.45, 2.75) is 39.7 Å². The Bertz CT molecular complexity index is 431. The Labute approximate surface area is 117 Å². The number of amides is 1. The van der Waals surface area contributed by atoms with Crippen LogP contribution in [-0.2, 0) is 0 Å². The monoisotopic (exact) mass is 312 g/mol. The Hall–Kier alpha value is -0.770. The Morgan fingerprint density at radius 2 is 2.00 bits per heavy atom. The summed E-state index contributed by atoms with van der Waals surface area (Å²) in [6.07, 6.45) is 4.23. The Kier molecular flexibility index (Phi) is 4.15. The number of hydrogen-bond acceptors (Lipinski definition) is 1. The normalized spacial score (nSPS) is 17.5. The van der Waals surface area contributed by atoms with Gasteiger partial charge in [0.2, 0.25) is 0 Å². The molecule has 0 radical (unpaired) electrons. The zero-order chi connectivity index (χ0) is 13.3. The van der Waals surface area contributed by atoms with E-state index in [9.17, 15) is 4.79 Å². The Morgan fingerprint density at radius 1 is 1.39 bits per heavy atom. The molecule has 1 aliphatic heterocycles. The highest BCUT2D eigenvalue weighted by Crippen LogP contribution is 2.23. The van der Waals surface area contributed by atoms with Crippen molar-refractivity contribution < 1.29 is 4.79 Å². The van der Waals surface area contributed by atoms with Crippen molar-refractivity contribution in [3.05, 3.63) is 22.4 Å². The Balaban J connectivity index is 2.18. The molecular formula is C14H21BrN2O. The van der Waals surface area contributed by atoms with E-state index >= 15 is 0 Å². The largest absolute Gasteiger partial charge is 0.340 e. The first kappa shape index (κ1) is 13.7. The van der Waals surface area contributed by atoms with Gasteiger partial charge in [0.1, 0.15) is 5.69 Å². The molecule has 0 aromatic carbocycles. The van der Waals surface area contributed by atoms with E-state index in [-0.39, 0.29) is 5.91 Å². The van der Waals surface area contributed by atoms with Gasteiger partial charge in [-0.3, -0.25) is 4.79 Å². The number of rotatable bonds is 2. The summed E-state index contributed by atoms with van der Waals surface area (Å²) in [5.41, 5.74) is 0.798. The summed E-state index contributed by atoms with van der Waals surface area (Å²) in [6.45, 7) is 8.24. The lowest BCUT2D eigenvalue weighted by Crippen LogP contribution is -2.38. The minimum atomic E-state index is 0.168. The second-order valence-electron chi connectivity index (χ2n) is 5.52. The van der Waals surface area contributed by atoms with Crippen LogP contribution >= 0.6 is 15.9 Å². The predicted molar refractivity (Wildman–Crippen MR) is 76.8 cm³/mol. The van der Waals surface area contributed by atoms with Crippen LogP contribution in [0.5, 0.6) is 0 Å². The van der Waals surface area contributed by atoms with E-state index in [2.05, 4.69) is 36.7 Å². The zero-order valence-corrected chi connectivity index (χ0v) is 12.9. The lowest BCUT2D eigenvalue weighted by atomic mass is 9.99. The average molecular weight is 313 g/mol. The molecule has 1 aliphatic rings. The highest BCUT2D eigenvalue weighted by atomic mass is 79.9. The van der Waals surface area contributed by atoms with Gasteiger partial charge in [-0.2, -0.15) is 0 Å². The minimum absolute atomic E-state index is 0.168.